The first-order chi connectivity index (χ1) is 11.6. The molecule has 25 heavy (non-hydrogen) atoms. The minimum atomic E-state index is -0.641. The standard InChI is InChI=1S/C17H17BrFN3O3/c1-17(2,3)25-16(24)22-14-13(18)8-12(9-20-14)21-15(23)10-5-4-6-11(19)7-10/h4-9H,1-3H3,(H,21,23)(H,20,22,24). The maximum Gasteiger partial charge on any atom is 0.413 e. The Labute approximate surface area is 152 Å². The molecule has 1 heterocycles. The van der Waals surface area contributed by atoms with Gasteiger partial charge in [0.2, 0.25) is 0 Å². The average molecular weight is 410 g/mol. The monoisotopic (exact) mass is 409 g/mol. The molecular weight excluding hydrogens is 393 g/mol. The number of nitrogens with one attached hydrogen (secondary N) is 2. The Bertz CT molecular complexity index is 806. The molecule has 0 saturated heterocycles. The van der Waals surface area contributed by atoms with E-state index in [9.17, 15) is 14.0 Å². The van der Waals surface area contributed by atoms with Gasteiger partial charge in [-0.15, -0.1) is 0 Å². The van der Waals surface area contributed by atoms with Crippen LogP contribution in [0.25, 0.3) is 0 Å². The van der Waals surface area contributed by atoms with Gasteiger partial charge in [-0.2, -0.15) is 0 Å². The molecule has 0 fully saturated rings. The van der Waals surface area contributed by atoms with E-state index >= 15 is 0 Å². The molecule has 0 radical (unpaired) electrons. The number of amides is 2. The summed E-state index contributed by atoms with van der Waals surface area (Å²) < 4.78 is 18.8. The highest BCUT2D eigenvalue weighted by molar-refractivity contribution is 9.10. The summed E-state index contributed by atoms with van der Waals surface area (Å²) in [5, 5.41) is 5.11. The maximum absolute atomic E-state index is 13.2. The summed E-state index contributed by atoms with van der Waals surface area (Å²) in [7, 11) is 0. The van der Waals surface area contributed by atoms with Gasteiger partial charge in [0.15, 0.2) is 0 Å². The molecule has 0 aliphatic rings. The molecule has 0 spiro atoms. The number of benzene rings is 1. The normalized spacial score (nSPS) is 10.9. The van der Waals surface area contributed by atoms with Crippen molar-refractivity contribution in [3.63, 3.8) is 0 Å². The fourth-order valence-corrected chi connectivity index (χ4v) is 2.28. The smallest absolute Gasteiger partial charge is 0.413 e. The minimum absolute atomic E-state index is 0.187. The van der Waals surface area contributed by atoms with Gasteiger partial charge in [0, 0.05) is 5.56 Å². The number of halogens is 2. The highest BCUT2D eigenvalue weighted by atomic mass is 79.9. The number of pyridine rings is 1. The Kier molecular flexibility index (Phi) is 5.73. The van der Waals surface area contributed by atoms with E-state index < -0.39 is 23.4 Å². The first-order valence-corrected chi connectivity index (χ1v) is 8.16. The van der Waals surface area contributed by atoms with Crippen LogP contribution in [0, 0.1) is 5.82 Å². The summed E-state index contributed by atoms with van der Waals surface area (Å²) in [6.45, 7) is 5.25. The van der Waals surface area contributed by atoms with E-state index in [1.54, 1.807) is 26.8 Å². The summed E-state index contributed by atoms with van der Waals surface area (Å²) >= 11 is 3.27. The average Bonchev–Trinajstić information content (AvgIpc) is 2.48. The van der Waals surface area contributed by atoms with Crippen molar-refractivity contribution in [3.8, 4) is 0 Å². The van der Waals surface area contributed by atoms with Gasteiger partial charge in [0.25, 0.3) is 5.91 Å². The van der Waals surface area contributed by atoms with E-state index in [2.05, 4.69) is 31.5 Å². The molecule has 0 aliphatic heterocycles. The van der Waals surface area contributed by atoms with Crippen LogP contribution in [0.2, 0.25) is 0 Å². The lowest BCUT2D eigenvalue weighted by Gasteiger charge is -2.19. The van der Waals surface area contributed by atoms with Crippen molar-refractivity contribution >= 4 is 39.4 Å². The molecule has 2 rings (SSSR count). The lowest BCUT2D eigenvalue weighted by Crippen LogP contribution is -2.27. The molecule has 132 valence electrons. The number of hydrogen-bond donors (Lipinski definition) is 2. The quantitative estimate of drug-likeness (QED) is 0.776. The number of ether oxygens (including phenoxy) is 1. The second-order valence-electron chi connectivity index (χ2n) is 6.15. The molecule has 2 N–H and O–H groups in total. The molecule has 1 aromatic heterocycles. The van der Waals surface area contributed by atoms with E-state index in [1.165, 1.54) is 24.4 Å². The number of aromatic nitrogens is 1. The van der Waals surface area contributed by atoms with Crippen LogP contribution >= 0.6 is 15.9 Å². The number of carbonyl (C=O) groups excluding carboxylic acids is 2. The van der Waals surface area contributed by atoms with Gasteiger partial charge in [0.05, 0.1) is 16.4 Å². The molecule has 2 amide bonds. The van der Waals surface area contributed by atoms with Crippen LogP contribution in [0.15, 0.2) is 41.0 Å². The van der Waals surface area contributed by atoms with E-state index in [1.807, 2.05) is 0 Å². The van der Waals surface area contributed by atoms with Gasteiger partial charge in [-0.3, -0.25) is 10.1 Å². The Balaban J connectivity index is 2.06. The Morgan fingerprint density at radius 2 is 1.92 bits per heavy atom. The summed E-state index contributed by atoms with van der Waals surface area (Å²) in [5.74, 6) is -0.720. The number of hydrogen-bond acceptors (Lipinski definition) is 4. The zero-order chi connectivity index (χ0) is 18.6. The van der Waals surface area contributed by atoms with Crippen molar-refractivity contribution in [1.29, 1.82) is 0 Å². The maximum atomic E-state index is 13.2. The predicted octanol–water partition coefficient (Wildman–Crippen LogP) is 4.58. The zero-order valence-electron chi connectivity index (χ0n) is 13.9. The number of rotatable bonds is 3. The third kappa shape index (κ3) is 5.82. The van der Waals surface area contributed by atoms with Gasteiger partial charge >= 0.3 is 6.09 Å². The largest absolute Gasteiger partial charge is 0.444 e. The number of nitrogens with zero attached hydrogens (tertiary/aromatic N) is 1. The van der Waals surface area contributed by atoms with E-state index in [0.717, 1.165) is 6.07 Å². The van der Waals surface area contributed by atoms with Crippen molar-refractivity contribution in [1.82, 2.24) is 4.98 Å². The van der Waals surface area contributed by atoms with Crippen LogP contribution in [0.4, 0.5) is 20.7 Å². The minimum Gasteiger partial charge on any atom is -0.444 e. The summed E-state index contributed by atoms with van der Waals surface area (Å²) in [6, 6.07) is 6.91. The van der Waals surface area contributed by atoms with Crippen LogP contribution in [0.5, 0.6) is 0 Å². The van der Waals surface area contributed by atoms with Crippen LogP contribution in [0.3, 0.4) is 0 Å². The highest BCUT2D eigenvalue weighted by Gasteiger charge is 2.18. The molecule has 0 aliphatic carbocycles. The van der Waals surface area contributed by atoms with Gasteiger partial charge in [-0.05, 0) is 61.0 Å². The molecule has 8 heteroatoms. The number of anilines is 2. The SMILES string of the molecule is CC(C)(C)OC(=O)Nc1ncc(NC(=O)c2cccc(F)c2)cc1Br. The van der Waals surface area contributed by atoms with E-state index in [4.69, 9.17) is 4.74 Å². The van der Waals surface area contributed by atoms with Crippen LogP contribution in [0.1, 0.15) is 31.1 Å². The van der Waals surface area contributed by atoms with Gasteiger partial charge < -0.3 is 10.1 Å². The van der Waals surface area contributed by atoms with Crippen LogP contribution in [-0.2, 0) is 4.74 Å². The molecule has 0 unspecified atom stereocenters. The summed E-state index contributed by atoms with van der Waals surface area (Å²) in [4.78, 5) is 27.9. The third-order valence-electron chi connectivity index (χ3n) is 2.81. The Hall–Kier alpha value is -2.48. The highest BCUT2D eigenvalue weighted by Crippen LogP contribution is 2.24. The molecule has 0 atom stereocenters. The topological polar surface area (TPSA) is 80.3 Å². The van der Waals surface area contributed by atoms with E-state index in [0.29, 0.717) is 10.2 Å². The third-order valence-corrected chi connectivity index (χ3v) is 3.41. The molecule has 0 saturated carbocycles. The summed E-state index contributed by atoms with van der Waals surface area (Å²) in [6.07, 6.45) is 0.728. The van der Waals surface area contributed by atoms with Gasteiger partial charge in [-0.25, -0.2) is 14.2 Å². The van der Waals surface area contributed by atoms with Crippen LogP contribution < -0.4 is 10.6 Å². The van der Waals surface area contributed by atoms with Crippen molar-refractivity contribution in [2.75, 3.05) is 10.6 Å². The lowest BCUT2D eigenvalue weighted by atomic mass is 10.2. The molecule has 6 nitrogen and oxygen atoms in total. The second kappa shape index (κ2) is 7.60. The molecular formula is C17H17BrFN3O3. The first-order valence-electron chi connectivity index (χ1n) is 7.36. The van der Waals surface area contributed by atoms with E-state index in [-0.39, 0.29) is 11.4 Å². The Morgan fingerprint density at radius 1 is 1.20 bits per heavy atom. The van der Waals surface area contributed by atoms with Crippen molar-refractivity contribution in [2.24, 2.45) is 0 Å². The van der Waals surface area contributed by atoms with Crippen molar-refractivity contribution in [3.05, 3.63) is 52.4 Å². The van der Waals surface area contributed by atoms with Crippen molar-refractivity contribution in [2.45, 2.75) is 26.4 Å². The lowest BCUT2D eigenvalue weighted by molar-refractivity contribution is 0.0635. The zero-order valence-corrected chi connectivity index (χ0v) is 15.5. The predicted molar refractivity (Wildman–Crippen MR) is 96.1 cm³/mol. The first kappa shape index (κ1) is 18.9. The van der Waals surface area contributed by atoms with Gasteiger partial charge in [-0.1, -0.05) is 6.07 Å². The molecule has 2 aromatic rings. The van der Waals surface area contributed by atoms with Crippen LogP contribution in [-0.4, -0.2) is 22.6 Å². The summed E-state index contributed by atoms with van der Waals surface area (Å²) in [5.41, 5.74) is -0.0574. The molecule has 0 bridgehead atoms. The van der Waals surface area contributed by atoms with Crippen molar-refractivity contribution < 1.29 is 18.7 Å². The van der Waals surface area contributed by atoms with Gasteiger partial charge in [0.1, 0.15) is 17.2 Å². The Morgan fingerprint density at radius 3 is 2.52 bits per heavy atom. The second-order valence-corrected chi connectivity index (χ2v) is 7.00. The number of carbonyl (C=O) groups is 2. The molecule has 1 aromatic carbocycles. The fraction of sp³-hybridized carbons (Fsp3) is 0.235. The fourth-order valence-electron chi connectivity index (χ4n) is 1.83.